The zero-order chi connectivity index (χ0) is 14.0. The van der Waals surface area contributed by atoms with Crippen LogP contribution < -0.4 is 0 Å². The highest BCUT2D eigenvalue weighted by molar-refractivity contribution is 5.95. The second kappa shape index (κ2) is 5.23. The summed E-state index contributed by atoms with van der Waals surface area (Å²) in [5.41, 5.74) is -0.273. The normalized spacial score (nSPS) is 19.2. The molecule has 1 fully saturated rings. The predicted molar refractivity (Wildman–Crippen MR) is 66.1 cm³/mol. The molecule has 1 atom stereocenters. The van der Waals surface area contributed by atoms with E-state index in [9.17, 15) is 20.0 Å². The van der Waals surface area contributed by atoms with Crippen LogP contribution in [0.25, 0.3) is 0 Å². The number of hydrogen-bond acceptors (Lipinski definition) is 5. The van der Waals surface area contributed by atoms with E-state index in [-0.39, 0.29) is 17.5 Å². The third-order valence-corrected chi connectivity index (χ3v) is 3.05. The van der Waals surface area contributed by atoms with Crippen molar-refractivity contribution in [1.82, 2.24) is 4.90 Å². The molecule has 1 N–H and O–H groups in total. The van der Waals surface area contributed by atoms with Gasteiger partial charge in [-0.25, -0.2) is 0 Å². The van der Waals surface area contributed by atoms with Gasteiger partial charge in [-0.15, -0.1) is 0 Å². The van der Waals surface area contributed by atoms with Crippen LogP contribution in [0.4, 0.5) is 5.69 Å². The summed E-state index contributed by atoms with van der Waals surface area (Å²) in [5, 5.41) is 20.1. The van der Waals surface area contributed by atoms with E-state index in [2.05, 4.69) is 0 Å². The number of nitrogens with zero attached hydrogens (tertiary/aromatic N) is 2. The van der Waals surface area contributed by atoms with Gasteiger partial charge in [-0.1, -0.05) is 0 Å². The number of aromatic hydroxyl groups is 1. The Morgan fingerprint density at radius 1 is 1.58 bits per heavy atom. The number of nitro groups is 1. The Bertz CT molecular complexity index is 517. The maximum atomic E-state index is 12.3. The van der Waals surface area contributed by atoms with E-state index in [1.54, 1.807) is 4.90 Å². The molecule has 7 nitrogen and oxygen atoms in total. The molecule has 1 amide bonds. The smallest absolute Gasteiger partial charge is 0.311 e. The first-order valence-corrected chi connectivity index (χ1v) is 5.87. The Balaban J connectivity index is 2.28. The Morgan fingerprint density at radius 2 is 2.32 bits per heavy atom. The number of amides is 1. The molecular weight excluding hydrogens is 252 g/mol. The van der Waals surface area contributed by atoms with Gasteiger partial charge in [-0.3, -0.25) is 14.9 Å². The average molecular weight is 266 g/mol. The van der Waals surface area contributed by atoms with Crippen molar-refractivity contribution < 1.29 is 19.6 Å². The first kappa shape index (κ1) is 13.3. The van der Waals surface area contributed by atoms with Crippen LogP contribution in [0, 0.1) is 10.1 Å². The fourth-order valence-corrected chi connectivity index (χ4v) is 2.00. The van der Waals surface area contributed by atoms with Crippen LogP contribution in [-0.4, -0.2) is 46.6 Å². The quantitative estimate of drug-likeness (QED) is 0.640. The molecule has 1 saturated heterocycles. The number of carbonyl (C=O) groups is 1. The molecule has 1 aromatic carbocycles. The third kappa shape index (κ3) is 2.65. The summed E-state index contributed by atoms with van der Waals surface area (Å²) >= 11 is 0. The highest BCUT2D eigenvalue weighted by atomic mass is 16.6. The molecule has 102 valence electrons. The van der Waals surface area contributed by atoms with Gasteiger partial charge < -0.3 is 14.7 Å². The van der Waals surface area contributed by atoms with Crippen molar-refractivity contribution in [3.63, 3.8) is 0 Å². The van der Waals surface area contributed by atoms with Crippen molar-refractivity contribution in [3.8, 4) is 5.75 Å². The van der Waals surface area contributed by atoms with E-state index >= 15 is 0 Å². The Kier molecular flexibility index (Phi) is 3.66. The van der Waals surface area contributed by atoms with Crippen molar-refractivity contribution >= 4 is 11.6 Å². The van der Waals surface area contributed by atoms with Crippen LogP contribution in [0.2, 0.25) is 0 Å². The van der Waals surface area contributed by atoms with Gasteiger partial charge in [-0.05, 0) is 19.1 Å². The number of benzene rings is 1. The number of hydrogen-bond donors (Lipinski definition) is 1. The molecule has 1 heterocycles. The third-order valence-electron chi connectivity index (χ3n) is 3.05. The molecule has 0 aromatic heterocycles. The number of phenolic OH excluding ortho intramolecular Hbond substituents is 1. The number of carbonyl (C=O) groups excluding carboxylic acids is 1. The minimum atomic E-state index is -0.713. The highest BCUT2D eigenvalue weighted by Crippen LogP contribution is 2.27. The summed E-state index contributed by atoms with van der Waals surface area (Å²) in [6, 6.07) is 3.57. The van der Waals surface area contributed by atoms with Gasteiger partial charge in [0.25, 0.3) is 5.91 Å². The zero-order valence-electron chi connectivity index (χ0n) is 10.4. The lowest BCUT2D eigenvalue weighted by Crippen LogP contribution is -2.47. The van der Waals surface area contributed by atoms with Gasteiger partial charge >= 0.3 is 5.69 Å². The van der Waals surface area contributed by atoms with E-state index in [0.29, 0.717) is 19.8 Å². The monoisotopic (exact) mass is 266 g/mol. The lowest BCUT2D eigenvalue weighted by molar-refractivity contribution is -0.385. The van der Waals surface area contributed by atoms with E-state index < -0.39 is 16.4 Å². The van der Waals surface area contributed by atoms with Crippen molar-refractivity contribution in [2.45, 2.75) is 13.0 Å². The Morgan fingerprint density at radius 3 is 2.95 bits per heavy atom. The van der Waals surface area contributed by atoms with Crippen molar-refractivity contribution in [1.29, 1.82) is 0 Å². The summed E-state index contributed by atoms with van der Waals surface area (Å²) in [5.74, 6) is -0.740. The van der Waals surface area contributed by atoms with E-state index in [0.717, 1.165) is 12.1 Å². The summed E-state index contributed by atoms with van der Waals surface area (Å²) in [7, 11) is 0. The van der Waals surface area contributed by atoms with Crippen LogP contribution in [-0.2, 0) is 4.74 Å². The Labute approximate surface area is 109 Å². The van der Waals surface area contributed by atoms with Gasteiger partial charge in [0, 0.05) is 18.2 Å². The van der Waals surface area contributed by atoms with Crippen molar-refractivity contribution in [2.24, 2.45) is 0 Å². The number of phenols is 1. The molecular formula is C12H14N2O5. The highest BCUT2D eigenvalue weighted by Gasteiger charge is 2.26. The molecule has 1 aliphatic heterocycles. The summed E-state index contributed by atoms with van der Waals surface area (Å²) in [6.45, 7) is 3.21. The van der Waals surface area contributed by atoms with Gasteiger partial charge in [0.2, 0.25) is 0 Å². The first-order chi connectivity index (χ1) is 9.00. The number of morpholine rings is 1. The minimum absolute atomic E-state index is 0.0749. The molecule has 1 aromatic rings. The largest absolute Gasteiger partial charge is 0.502 e. The predicted octanol–water partition coefficient (Wildman–Crippen LogP) is 1.16. The average Bonchev–Trinajstić information content (AvgIpc) is 2.38. The molecule has 0 radical (unpaired) electrons. The molecule has 1 aliphatic rings. The van der Waals surface area contributed by atoms with Crippen molar-refractivity contribution in [3.05, 3.63) is 33.9 Å². The number of rotatable bonds is 2. The van der Waals surface area contributed by atoms with Gasteiger partial charge in [-0.2, -0.15) is 0 Å². The van der Waals surface area contributed by atoms with E-state index in [1.165, 1.54) is 6.07 Å². The standard InChI is InChI=1S/C12H14N2O5/c1-8-7-19-5-4-13(8)12(16)9-2-3-11(15)10(6-9)14(17)18/h2-3,6,8,15H,4-5,7H2,1H3/t8-/m1/s1. The van der Waals surface area contributed by atoms with Gasteiger partial charge in [0.05, 0.1) is 24.2 Å². The minimum Gasteiger partial charge on any atom is -0.502 e. The number of nitro benzene ring substituents is 1. The Hall–Kier alpha value is -2.15. The zero-order valence-corrected chi connectivity index (χ0v) is 10.4. The molecule has 0 aliphatic carbocycles. The molecule has 0 unspecified atom stereocenters. The topological polar surface area (TPSA) is 92.9 Å². The molecule has 0 saturated carbocycles. The second-order valence-electron chi connectivity index (χ2n) is 4.38. The van der Waals surface area contributed by atoms with Crippen molar-refractivity contribution in [2.75, 3.05) is 19.8 Å². The maximum absolute atomic E-state index is 12.3. The van der Waals surface area contributed by atoms with Crippen LogP contribution in [0.5, 0.6) is 5.75 Å². The van der Waals surface area contributed by atoms with E-state index in [1.807, 2.05) is 6.92 Å². The molecule has 19 heavy (non-hydrogen) atoms. The lowest BCUT2D eigenvalue weighted by Gasteiger charge is -2.33. The van der Waals surface area contributed by atoms with Crippen LogP contribution in [0.1, 0.15) is 17.3 Å². The number of ether oxygens (including phenoxy) is 1. The fraction of sp³-hybridized carbons (Fsp3) is 0.417. The lowest BCUT2D eigenvalue weighted by atomic mass is 10.1. The van der Waals surface area contributed by atoms with Crippen LogP contribution in [0.3, 0.4) is 0 Å². The molecule has 0 bridgehead atoms. The fourth-order valence-electron chi connectivity index (χ4n) is 2.00. The van der Waals surface area contributed by atoms with Gasteiger partial charge in [0.15, 0.2) is 5.75 Å². The SMILES string of the molecule is C[C@@H]1COCCN1C(=O)c1ccc(O)c([N+](=O)[O-])c1. The first-order valence-electron chi connectivity index (χ1n) is 5.87. The second-order valence-corrected chi connectivity index (χ2v) is 4.38. The maximum Gasteiger partial charge on any atom is 0.311 e. The summed E-state index contributed by atoms with van der Waals surface area (Å²) in [6.07, 6.45) is 0. The van der Waals surface area contributed by atoms with Crippen LogP contribution >= 0.6 is 0 Å². The summed E-state index contributed by atoms with van der Waals surface area (Å²) in [4.78, 5) is 23.9. The van der Waals surface area contributed by atoms with E-state index in [4.69, 9.17) is 4.74 Å². The summed E-state index contributed by atoms with van der Waals surface area (Å²) < 4.78 is 5.24. The van der Waals surface area contributed by atoms with Crippen LogP contribution in [0.15, 0.2) is 18.2 Å². The molecule has 2 rings (SSSR count). The van der Waals surface area contributed by atoms with Gasteiger partial charge in [0.1, 0.15) is 0 Å². The molecule has 0 spiro atoms. The molecule has 7 heteroatoms.